The Morgan fingerprint density at radius 1 is 1.10 bits per heavy atom. The van der Waals surface area contributed by atoms with E-state index in [9.17, 15) is 14.4 Å². The van der Waals surface area contributed by atoms with Crippen LogP contribution in [0.5, 0.6) is 0 Å². The summed E-state index contributed by atoms with van der Waals surface area (Å²) in [5.41, 5.74) is 1.11. The van der Waals surface area contributed by atoms with Gasteiger partial charge in [0, 0.05) is 17.8 Å². The number of carboxylic acids is 1. The van der Waals surface area contributed by atoms with Gasteiger partial charge in [0.2, 0.25) is 5.78 Å². The number of aromatic nitrogens is 1. The predicted octanol–water partition coefficient (Wildman–Crippen LogP) is 2.42. The van der Waals surface area contributed by atoms with E-state index in [0.717, 1.165) is 5.56 Å². The van der Waals surface area contributed by atoms with E-state index in [1.165, 1.54) is 0 Å². The molecule has 2 aromatic rings. The molecule has 0 fully saturated rings. The molecule has 6 heteroatoms. The van der Waals surface area contributed by atoms with E-state index in [1.54, 1.807) is 35.0 Å². The first-order chi connectivity index (χ1) is 9.99. The van der Waals surface area contributed by atoms with Crippen LogP contribution in [0.2, 0.25) is 5.02 Å². The number of halogens is 1. The van der Waals surface area contributed by atoms with Gasteiger partial charge in [-0.05, 0) is 23.8 Å². The summed E-state index contributed by atoms with van der Waals surface area (Å²) in [6, 6.07) is 10.4. The van der Waals surface area contributed by atoms with Gasteiger partial charge in [0.15, 0.2) is 5.78 Å². The molecule has 5 nitrogen and oxygen atoms in total. The number of benzene rings is 1. The lowest BCUT2D eigenvalue weighted by Gasteiger charge is -2.09. The number of carbonyl (C=O) groups excluding carboxylic acids is 2. The highest BCUT2D eigenvalue weighted by molar-refractivity contribution is 6.37. The van der Waals surface area contributed by atoms with Crippen molar-refractivity contribution in [3.8, 4) is 0 Å². The Morgan fingerprint density at radius 2 is 1.81 bits per heavy atom. The molecular formula is C15H12ClNO4. The van der Waals surface area contributed by atoms with E-state index < -0.39 is 24.0 Å². The number of Topliss-reactive ketones (excluding diaryl/α,β-unsaturated/α-hetero) is 2. The lowest BCUT2D eigenvalue weighted by atomic mass is 10.1. The zero-order chi connectivity index (χ0) is 15.4. The fourth-order valence-electron chi connectivity index (χ4n) is 1.93. The van der Waals surface area contributed by atoms with Gasteiger partial charge in [-0.25, -0.2) is 4.79 Å². The molecule has 2 rings (SSSR count). The standard InChI is InChI=1S/C15H12ClNO4/c16-11-5-2-1-4-10(11)9-17-7-3-6-12(17)13(18)8-14(19)15(20)21/h1-7H,8-9H2,(H,20,21). The first-order valence-electron chi connectivity index (χ1n) is 6.17. The number of hydrogen-bond acceptors (Lipinski definition) is 3. The summed E-state index contributed by atoms with van der Waals surface area (Å²) in [5, 5.41) is 9.12. The molecule has 0 saturated heterocycles. The first kappa shape index (κ1) is 15.0. The van der Waals surface area contributed by atoms with E-state index in [0.29, 0.717) is 11.6 Å². The van der Waals surface area contributed by atoms with Gasteiger partial charge >= 0.3 is 5.97 Å². The normalized spacial score (nSPS) is 10.3. The number of aliphatic carboxylic acids is 1. The quantitative estimate of drug-likeness (QED) is 0.505. The van der Waals surface area contributed by atoms with Crippen molar-refractivity contribution >= 4 is 29.1 Å². The molecule has 0 amide bonds. The van der Waals surface area contributed by atoms with E-state index >= 15 is 0 Å². The minimum atomic E-state index is -1.60. The average molecular weight is 306 g/mol. The minimum absolute atomic E-state index is 0.282. The molecule has 1 aromatic carbocycles. The smallest absolute Gasteiger partial charge is 0.372 e. The number of rotatable bonds is 6. The third kappa shape index (κ3) is 3.58. The van der Waals surface area contributed by atoms with Gasteiger partial charge in [-0.1, -0.05) is 29.8 Å². The topological polar surface area (TPSA) is 76.4 Å². The number of ketones is 2. The Hall–Kier alpha value is -2.40. The van der Waals surface area contributed by atoms with Crippen LogP contribution in [0.3, 0.4) is 0 Å². The predicted molar refractivity (Wildman–Crippen MR) is 76.6 cm³/mol. The fraction of sp³-hybridized carbons (Fsp3) is 0.133. The van der Waals surface area contributed by atoms with Gasteiger partial charge < -0.3 is 9.67 Å². The van der Waals surface area contributed by atoms with Crippen molar-refractivity contribution in [2.45, 2.75) is 13.0 Å². The van der Waals surface area contributed by atoms with E-state index in [-0.39, 0.29) is 5.69 Å². The van der Waals surface area contributed by atoms with Gasteiger partial charge in [0.25, 0.3) is 0 Å². The molecule has 0 radical (unpaired) electrons. The summed E-state index contributed by atoms with van der Waals surface area (Å²) >= 11 is 6.07. The van der Waals surface area contributed by atoms with Crippen molar-refractivity contribution in [3.63, 3.8) is 0 Å². The van der Waals surface area contributed by atoms with Crippen LogP contribution in [-0.4, -0.2) is 27.2 Å². The minimum Gasteiger partial charge on any atom is -0.475 e. The molecule has 108 valence electrons. The monoisotopic (exact) mass is 305 g/mol. The largest absolute Gasteiger partial charge is 0.475 e. The molecule has 0 bridgehead atoms. The Morgan fingerprint density at radius 3 is 2.48 bits per heavy atom. The second-order valence-corrected chi connectivity index (χ2v) is 4.85. The van der Waals surface area contributed by atoms with E-state index in [4.69, 9.17) is 16.7 Å². The maximum absolute atomic E-state index is 12.0. The second kappa shape index (κ2) is 6.37. The zero-order valence-corrected chi connectivity index (χ0v) is 11.7. The molecule has 1 N–H and O–H groups in total. The maximum atomic E-state index is 12.0. The summed E-state index contributed by atoms with van der Waals surface area (Å²) in [6.07, 6.45) is 1.03. The molecule has 0 aliphatic rings. The number of carbonyl (C=O) groups is 3. The molecule has 21 heavy (non-hydrogen) atoms. The lowest BCUT2D eigenvalue weighted by molar-refractivity contribution is -0.148. The van der Waals surface area contributed by atoms with Crippen LogP contribution in [0.4, 0.5) is 0 Å². The highest BCUT2D eigenvalue weighted by Crippen LogP contribution is 2.18. The molecular weight excluding hydrogens is 294 g/mol. The summed E-state index contributed by atoms with van der Waals surface area (Å²) in [7, 11) is 0. The summed E-state index contributed by atoms with van der Waals surface area (Å²) in [4.78, 5) is 33.6. The van der Waals surface area contributed by atoms with Crippen molar-refractivity contribution in [3.05, 3.63) is 58.9 Å². The average Bonchev–Trinajstić information content (AvgIpc) is 2.89. The lowest BCUT2D eigenvalue weighted by Crippen LogP contribution is -2.19. The Labute approximate surface area is 125 Å². The van der Waals surface area contributed by atoms with Gasteiger partial charge in [0.05, 0.1) is 12.1 Å². The van der Waals surface area contributed by atoms with Crippen molar-refractivity contribution < 1.29 is 19.5 Å². The molecule has 0 spiro atoms. The van der Waals surface area contributed by atoms with E-state index in [2.05, 4.69) is 0 Å². The van der Waals surface area contributed by atoms with Gasteiger partial charge in [-0.3, -0.25) is 9.59 Å². The van der Waals surface area contributed by atoms with Crippen molar-refractivity contribution in [2.24, 2.45) is 0 Å². The molecule has 0 atom stereocenters. The fourth-order valence-corrected chi connectivity index (χ4v) is 2.12. The third-order valence-corrected chi connectivity index (χ3v) is 3.34. The van der Waals surface area contributed by atoms with Crippen LogP contribution >= 0.6 is 11.6 Å². The first-order valence-corrected chi connectivity index (χ1v) is 6.54. The highest BCUT2D eigenvalue weighted by atomic mass is 35.5. The third-order valence-electron chi connectivity index (χ3n) is 2.97. The van der Waals surface area contributed by atoms with Crippen molar-refractivity contribution in [1.82, 2.24) is 4.57 Å². The molecule has 1 aromatic heterocycles. The zero-order valence-electron chi connectivity index (χ0n) is 11.0. The van der Waals surface area contributed by atoms with Crippen molar-refractivity contribution in [1.29, 1.82) is 0 Å². The SMILES string of the molecule is O=C(O)C(=O)CC(=O)c1cccn1Cc1ccccc1Cl. The van der Waals surface area contributed by atoms with Gasteiger partial charge in [-0.2, -0.15) is 0 Å². The van der Waals surface area contributed by atoms with Crippen LogP contribution in [-0.2, 0) is 16.1 Å². The Bertz CT molecular complexity index is 705. The number of carboxylic acid groups (broad SMARTS) is 1. The van der Waals surface area contributed by atoms with Crippen LogP contribution in [0.1, 0.15) is 22.5 Å². The number of hydrogen-bond donors (Lipinski definition) is 1. The molecule has 0 aliphatic heterocycles. The van der Waals surface area contributed by atoms with Crippen LogP contribution in [0.25, 0.3) is 0 Å². The second-order valence-electron chi connectivity index (χ2n) is 4.44. The highest BCUT2D eigenvalue weighted by Gasteiger charge is 2.20. The maximum Gasteiger partial charge on any atom is 0.372 e. The summed E-state index contributed by atoms with van der Waals surface area (Å²) in [5.74, 6) is -3.25. The van der Waals surface area contributed by atoms with Crippen LogP contribution < -0.4 is 0 Å². The molecule has 1 heterocycles. The Kier molecular flexibility index (Phi) is 4.55. The van der Waals surface area contributed by atoms with Crippen LogP contribution in [0, 0.1) is 0 Å². The van der Waals surface area contributed by atoms with Gasteiger partial charge in [-0.15, -0.1) is 0 Å². The summed E-state index contributed by atoms with van der Waals surface area (Å²) < 4.78 is 1.64. The van der Waals surface area contributed by atoms with Crippen LogP contribution in [0.15, 0.2) is 42.6 Å². The Balaban J connectivity index is 2.19. The summed E-state index contributed by atoms with van der Waals surface area (Å²) in [6.45, 7) is 0.370. The molecule has 0 unspecified atom stereocenters. The van der Waals surface area contributed by atoms with E-state index in [1.807, 2.05) is 12.1 Å². The molecule has 0 saturated carbocycles. The van der Waals surface area contributed by atoms with Crippen molar-refractivity contribution in [2.75, 3.05) is 0 Å². The van der Waals surface area contributed by atoms with Gasteiger partial charge in [0.1, 0.15) is 0 Å². The molecule has 0 aliphatic carbocycles. The number of nitrogens with zero attached hydrogens (tertiary/aromatic N) is 1.